The molecule has 1 saturated heterocycles. The second-order valence-electron chi connectivity index (χ2n) is 7.82. The van der Waals surface area contributed by atoms with Crippen LogP contribution in [0.25, 0.3) is 22.4 Å². The van der Waals surface area contributed by atoms with Gasteiger partial charge in [0.15, 0.2) is 5.65 Å². The maximum Gasteiger partial charge on any atom is 0.279 e. The van der Waals surface area contributed by atoms with Crippen molar-refractivity contribution in [2.45, 2.75) is 6.54 Å². The van der Waals surface area contributed by atoms with E-state index in [1.165, 1.54) is 12.1 Å². The summed E-state index contributed by atoms with van der Waals surface area (Å²) in [7, 11) is 1.59. The molecule has 0 amide bonds. The number of aromatic nitrogens is 4. The molecule has 0 aliphatic carbocycles. The summed E-state index contributed by atoms with van der Waals surface area (Å²) in [5.41, 5.74) is 2.44. The normalized spacial score (nSPS) is 13.9. The Labute approximate surface area is 189 Å². The smallest absolute Gasteiger partial charge is 0.279 e. The van der Waals surface area contributed by atoms with E-state index < -0.39 is 0 Å². The van der Waals surface area contributed by atoms with Crippen LogP contribution in [-0.2, 0) is 6.54 Å². The second-order valence-corrected chi connectivity index (χ2v) is 7.82. The summed E-state index contributed by atoms with van der Waals surface area (Å²) in [5.74, 6) is 0.929. The number of benzene rings is 2. The van der Waals surface area contributed by atoms with Gasteiger partial charge in [0.2, 0.25) is 5.95 Å². The van der Waals surface area contributed by atoms with Crippen molar-refractivity contribution >= 4 is 17.1 Å². The third-order valence-electron chi connectivity index (χ3n) is 5.69. The Morgan fingerprint density at radius 1 is 1.03 bits per heavy atom. The van der Waals surface area contributed by atoms with Crippen LogP contribution < -0.4 is 20.5 Å². The molecule has 1 fully saturated rings. The zero-order chi connectivity index (χ0) is 22.8. The van der Waals surface area contributed by atoms with Crippen molar-refractivity contribution in [1.29, 1.82) is 0 Å². The van der Waals surface area contributed by atoms with Gasteiger partial charge in [-0.3, -0.25) is 9.36 Å². The van der Waals surface area contributed by atoms with Crippen LogP contribution in [0.4, 0.5) is 10.3 Å². The second kappa shape index (κ2) is 8.95. The molecule has 0 saturated carbocycles. The van der Waals surface area contributed by atoms with Gasteiger partial charge in [-0.15, -0.1) is 0 Å². The van der Waals surface area contributed by atoms with E-state index in [-0.39, 0.29) is 17.9 Å². The first kappa shape index (κ1) is 21.0. The van der Waals surface area contributed by atoms with E-state index in [2.05, 4.69) is 20.2 Å². The summed E-state index contributed by atoms with van der Waals surface area (Å²) in [6.07, 6.45) is 1.66. The first-order valence-corrected chi connectivity index (χ1v) is 10.7. The van der Waals surface area contributed by atoms with Gasteiger partial charge in [-0.05, 0) is 42.0 Å². The molecular formula is C24H23FN6O2. The lowest BCUT2D eigenvalue weighted by molar-refractivity contribution is 0.415. The number of fused-ring (bicyclic) bond motifs is 1. The van der Waals surface area contributed by atoms with Crippen molar-refractivity contribution in [3.63, 3.8) is 0 Å². The van der Waals surface area contributed by atoms with Gasteiger partial charge in [-0.25, -0.2) is 14.4 Å². The monoisotopic (exact) mass is 446 g/mol. The van der Waals surface area contributed by atoms with Crippen LogP contribution in [0.5, 0.6) is 5.75 Å². The Kier molecular flexibility index (Phi) is 5.70. The Bertz CT molecular complexity index is 1330. The molecule has 168 valence electrons. The minimum Gasteiger partial charge on any atom is -0.497 e. The lowest BCUT2D eigenvalue weighted by Gasteiger charge is -2.27. The SMILES string of the molecule is COc1ccc(-c2nc3cnc(N4CCNCC4)nc3n(Cc3ccc(F)cc3)c2=O)cc1. The van der Waals surface area contributed by atoms with Crippen molar-refractivity contribution in [2.24, 2.45) is 0 Å². The molecule has 0 spiro atoms. The average molecular weight is 446 g/mol. The highest BCUT2D eigenvalue weighted by Gasteiger charge is 2.18. The molecule has 1 aliphatic rings. The maximum atomic E-state index is 13.6. The van der Waals surface area contributed by atoms with Crippen LogP contribution in [0.15, 0.2) is 59.5 Å². The van der Waals surface area contributed by atoms with E-state index in [0.29, 0.717) is 34.1 Å². The first-order chi connectivity index (χ1) is 16.1. The quantitative estimate of drug-likeness (QED) is 0.504. The van der Waals surface area contributed by atoms with Crippen LogP contribution in [0, 0.1) is 5.82 Å². The number of nitrogens with zero attached hydrogens (tertiary/aromatic N) is 5. The van der Waals surface area contributed by atoms with Gasteiger partial charge >= 0.3 is 0 Å². The van der Waals surface area contributed by atoms with Crippen molar-refractivity contribution in [2.75, 3.05) is 38.2 Å². The van der Waals surface area contributed by atoms with Gasteiger partial charge in [0.25, 0.3) is 5.56 Å². The van der Waals surface area contributed by atoms with E-state index in [4.69, 9.17) is 9.72 Å². The predicted octanol–water partition coefficient (Wildman–Crippen LogP) is 2.46. The topological polar surface area (TPSA) is 85.2 Å². The maximum absolute atomic E-state index is 13.6. The molecule has 2 aromatic carbocycles. The lowest BCUT2D eigenvalue weighted by Crippen LogP contribution is -2.44. The van der Waals surface area contributed by atoms with Gasteiger partial charge in [-0.2, -0.15) is 4.98 Å². The van der Waals surface area contributed by atoms with Crippen molar-refractivity contribution in [1.82, 2.24) is 24.8 Å². The number of piperazine rings is 1. The molecule has 0 bridgehead atoms. The summed E-state index contributed by atoms with van der Waals surface area (Å²) in [6.45, 7) is 3.49. The van der Waals surface area contributed by atoms with E-state index in [9.17, 15) is 9.18 Å². The van der Waals surface area contributed by atoms with Gasteiger partial charge in [-0.1, -0.05) is 12.1 Å². The lowest BCUT2D eigenvalue weighted by atomic mass is 10.1. The van der Waals surface area contributed by atoms with E-state index in [1.54, 1.807) is 54.3 Å². The number of nitrogens with one attached hydrogen (secondary N) is 1. The zero-order valence-electron chi connectivity index (χ0n) is 18.2. The molecule has 2 aromatic heterocycles. The minimum absolute atomic E-state index is 0.235. The molecular weight excluding hydrogens is 423 g/mol. The predicted molar refractivity (Wildman–Crippen MR) is 124 cm³/mol. The number of methoxy groups -OCH3 is 1. The summed E-state index contributed by atoms with van der Waals surface area (Å²) in [6, 6.07) is 13.3. The van der Waals surface area contributed by atoms with Gasteiger partial charge < -0.3 is 15.0 Å². The summed E-state index contributed by atoms with van der Waals surface area (Å²) in [5, 5.41) is 3.31. The number of rotatable bonds is 5. The van der Waals surface area contributed by atoms with Crippen LogP contribution >= 0.6 is 0 Å². The van der Waals surface area contributed by atoms with Crippen LogP contribution in [0.2, 0.25) is 0 Å². The Hall–Kier alpha value is -3.85. The Morgan fingerprint density at radius 2 is 1.76 bits per heavy atom. The molecule has 4 aromatic rings. The summed E-state index contributed by atoms with van der Waals surface area (Å²) >= 11 is 0. The highest BCUT2D eigenvalue weighted by molar-refractivity contribution is 5.75. The van der Waals surface area contributed by atoms with E-state index >= 15 is 0 Å². The number of anilines is 1. The number of halogens is 1. The molecule has 0 unspecified atom stereocenters. The first-order valence-electron chi connectivity index (χ1n) is 10.7. The molecule has 5 rings (SSSR count). The molecule has 0 radical (unpaired) electrons. The van der Waals surface area contributed by atoms with E-state index in [0.717, 1.165) is 31.7 Å². The third-order valence-corrected chi connectivity index (χ3v) is 5.69. The van der Waals surface area contributed by atoms with Crippen LogP contribution in [-0.4, -0.2) is 52.8 Å². The minimum atomic E-state index is -0.326. The number of hydrogen-bond acceptors (Lipinski definition) is 7. The largest absolute Gasteiger partial charge is 0.497 e. The van der Waals surface area contributed by atoms with Gasteiger partial charge in [0, 0.05) is 31.7 Å². The fraction of sp³-hybridized carbons (Fsp3) is 0.250. The fourth-order valence-electron chi connectivity index (χ4n) is 3.90. The van der Waals surface area contributed by atoms with E-state index in [1.807, 2.05) is 0 Å². The molecule has 9 heteroatoms. The molecule has 1 aliphatic heterocycles. The summed E-state index contributed by atoms with van der Waals surface area (Å²) < 4.78 is 20.3. The van der Waals surface area contributed by atoms with Gasteiger partial charge in [0.05, 0.1) is 19.9 Å². The fourth-order valence-corrected chi connectivity index (χ4v) is 3.90. The molecule has 33 heavy (non-hydrogen) atoms. The van der Waals surface area contributed by atoms with Crippen molar-refractivity contribution in [3.05, 3.63) is 76.5 Å². The zero-order valence-corrected chi connectivity index (χ0v) is 18.2. The van der Waals surface area contributed by atoms with Gasteiger partial charge in [0.1, 0.15) is 22.8 Å². The Balaban J connectivity index is 1.66. The molecule has 3 heterocycles. The van der Waals surface area contributed by atoms with Crippen molar-refractivity contribution in [3.8, 4) is 17.0 Å². The van der Waals surface area contributed by atoms with Crippen LogP contribution in [0.1, 0.15) is 5.56 Å². The molecule has 8 nitrogen and oxygen atoms in total. The standard InChI is InChI=1S/C24H23FN6O2/c1-33-19-8-4-17(5-9-19)21-23(32)31(15-16-2-6-18(25)7-3-16)22-20(28-21)14-27-24(29-22)30-12-10-26-11-13-30/h2-9,14,26H,10-13,15H2,1H3. The number of ether oxygens (including phenoxy) is 1. The Morgan fingerprint density at radius 3 is 2.45 bits per heavy atom. The third kappa shape index (κ3) is 4.27. The number of hydrogen-bond donors (Lipinski definition) is 1. The van der Waals surface area contributed by atoms with Crippen LogP contribution in [0.3, 0.4) is 0 Å². The molecule has 1 N–H and O–H groups in total. The van der Waals surface area contributed by atoms with Crippen molar-refractivity contribution < 1.29 is 9.13 Å². The molecule has 0 atom stereocenters. The average Bonchev–Trinajstić information content (AvgIpc) is 2.87. The highest BCUT2D eigenvalue weighted by Crippen LogP contribution is 2.22. The summed E-state index contributed by atoms with van der Waals surface area (Å²) in [4.78, 5) is 29.6. The highest BCUT2D eigenvalue weighted by atomic mass is 19.1.